The smallest absolute Gasteiger partial charge is 0.222 e. The summed E-state index contributed by atoms with van der Waals surface area (Å²) < 4.78 is 1.24. The van der Waals surface area contributed by atoms with Crippen molar-refractivity contribution in [1.82, 2.24) is 14.9 Å². The number of carbonyl (C=O) groups is 1. The van der Waals surface area contributed by atoms with Gasteiger partial charge in [0, 0.05) is 38.7 Å². The van der Waals surface area contributed by atoms with Crippen molar-refractivity contribution in [1.29, 1.82) is 0 Å². The summed E-state index contributed by atoms with van der Waals surface area (Å²) in [5.41, 5.74) is 6.67. The van der Waals surface area contributed by atoms with E-state index in [-0.39, 0.29) is 5.91 Å². The van der Waals surface area contributed by atoms with Gasteiger partial charge in [0.05, 0.1) is 15.7 Å². The van der Waals surface area contributed by atoms with Gasteiger partial charge >= 0.3 is 0 Å². The molecule has 3 heterocycles. The number of hydrogen-bond donors (Lipinski definition) is 1. The second-order valence-electron chi connectivity index (χ2n) is 6.41. The Hall–Kier alpha value is -2.31. The number of aromatic nitrogens is 2. The van der Waals surface area contributed by atoms with Gasteiger partial charge in [0.15, 0.2) is 0 Å². The lowest BCUT2D eigenvalue weighted by molar-refractivity contribution is -0.114. The number of pyridine rings is 1. The van der Waals surface area contributed by atoms with E-state index in [1.54, 1.807) is 11.3 Å². The fraction of sp³-hybridized carbons (Fsp3) is 0.316. The Morgan fingerprint density at radius 3 is 3.00 bits per heavy atom. The van der Waals surface area contributed by atoms with Crippen LogP contribution in [0.5, 0.6) is 0 Å². The van der Waals surface area contributed by atoms with Crippen LogP contribution < -0.4 is 5.32 Å². The highest BCUT2D eigenvalue weighted by molar-refractivity contribution is 7.16. The SMILES string of the molecule is CC(=O)Nc1ccc2c(n1)CCN(Cc1ccc3scnc3c1)CC2. The number of benzene rings is 1. The lowest BCUT2D eigenvalue weighted by Crippen LogP contribution is -2.25. The summed E-state index contributed by atoms with van der Waals surface area (Å²) in [7, 11) is 0. The molecule has 2 aromatic heterocycles. The van der Waals surface area contributed by atoms with Crippen molar-refractivity contribution in [2.75, 3.05) is 18.4 Å². The molecule has 6 heteroatoms. The third-order valence-electron chi connectivity index (χ3n) is 4.54. The summed E-state index contributed by atoms with van der Waals surface area (Å²) in [6.07, 6.45) is 1.89. The summed E-state index contributed by atoms with van der Waals surface area (Å²) in [4.78, 5) is 22.7. The molecule has 4 rings (SSSR count). The molecule has 0 spiro atoms. The van der Waals surface area contributed by atoms with Crippen LogP contribution in [0.25, 0.3) is 10.2 Å². The topological polar surface area (TPSA) is 58.1 Å². The van der Waals surface area contributed by atoms with Crippen LogP contribution >= 0.6 is 11.3 Å². The first-order valence-electron chi connectivity index (χ1n) is 8.48. The molecule has 0 saturated heterocycles. The van der Waals surface area contributed by atoms with Crippen LogP contribution in [0.2, 0.25) is 0 Å². The number of thiazole rings is 1. The molecule has 1 aromatic carbocycles. The highest BCUT2D eigenvalue weighted by Gasteiger charge is 2.16. The van der Waals surface area contributed by atoms with Gasteiger partial charge in [-0.15, -0.1) is 11.3 Å². The number of amides is 1. The average Bonchev–Trinajstić information content (AvgIpc) is 2.96. The minimum atomic E-state index is -0.0832. The number of nitrogens with zero attached hydrogens (tertiary/aromatic N) is 3. The van der Waals surface area contributed by atoms with Gasteiger partial charge in [0.25, 0.3) is 0 Å². The molecule has 0 unspecified atom stereocenters. The van der Waals surface area contributed by atoms with E-state index < -0.39 is 0 Å². The molecule has 0 bridgehead atoms. The summed E-state index contributed by atoms with van der Waals surface area (Å²) in [5.74, 6) is 0.564. The molecule has 0 atom stereocenters. The van der Waals surface area contributed by atoms with E-state index in [1.807, 2.05) is 11.6 Å². The largest absolute Gasteiger partial charge is 0.311 e. The van der Waals surface area contributed by atoms with Gasteiger partial charge in [-0.25, -0.2) is 9.97 Å². The van der Waals surface area contributed by atoms with E-state index in [0.717, 1.165) is 43.7 Å². The van der Waals surface area contributed by atoms with E-state index in [1.165, 1.54) is 22.8 Å². The zero-order valence-corrected chi connectivity index (χ0v) is 15.0. The molecule has 25 heavy (non-hydrogen) atoms. The fourth-order valence-corrected chi connectivity index (χ4v) is 3.96. The second kappa shape index (κ2) is 6.90. The van der Waals surface area contributed by atoms with Crippen LogP contribution in [-0.2, 0) is 24.2 Å². The predicted octanol–water partition coefficient (Wildman–Crippen LogP) is 3.25. The standard InChI is InChI=1S/C19H20N4OS/c1-13(24)21-19-5-3-15-6-8-23(9-7-16(15)22-19)11-14-2-4-18-17(10-14)20-12-25-18/h2-5,10,12H,6-9,11H2,1H3,(H,21,22,24). The van der Waals surface area contributed by atoms with Crippen molar-refractivity contribution in [3.8, 4) is 0 Å². The Balaban J connectivity index is 1.46. The van der Waals surface area contributed by atoms with Gasteiger partial charge in [-0.1, -0.05) is 12.1 Å². The maximum atomic E-state index is 11.2. The van der Waals surface area contributed by atoms with Gasteiger partial charge < -0.3 is 5.32 Å². The lowest BCUT2D eigenvalue weighted by atomic mass is 10.1. The van der Waals surface area contributed by atoms with Crippen molar-refractivity contribution in [2.24, 2.45) is 0 Å². The molecule has 1 N–H and O–H groups in total. The van der Waals surface area contributed by atoms with E-state index in [4.69, 9.17) is 0 Å². The van der Waals surface area contributed by atoms with E-state index in [0.29, 0.717) is 5.82 Å². The second-order valence-corrected chi connectivity index (χ2v) is 7.30. The van der Waals surface area contributed by atoms with Gasteiger partial charge in [0.2, 0.25) is 5.91 Å². The molecule has 1 amide bonds. The fourth-order valence-electron chi connectivity index (χ4n) is 3.30. The summed E-state index contributed by atoms with van der Waals surface area (Å²) >= 11 is 1.68. The monoisotopic (exact) mass is 352 g/mol. The van der Waals surface area contributed by atoms with Crippen LogP contribution in [0.1, 0.15) is 23.7 Å². The van der Waals surface area contributed by atoms with Crippen molar-refractivity contribution in [3.05, 3.63) is 52.7 Å². The highest BCUT2D eigenvalue weighted by atomic mass is 32.1. The zero-order valence-electron chi connectivity index (χ0n) is 14.2. The maximum absolute atomic E-state index is 11.2. The predicted molar refractivity (Wildman–Crippen MR) is 101 cm³/mol. The Bertz CT molecular complexity index is 921. The molecular weight excluding hydrogens is 332 g/mol. The first-order chi connectivity index (χ1) is 12.2. The number of carbonyl (C=O) groups excluding carboxylic acids is 1. The van der Waals surface area contributed by atoms with E-state index in [2.05, 4.69) is 44.5 Å². The van der Waals surface area contributed by atoms with Gasteiger partial charge in [-0.05, 0) is 35.7 Å². The number of rotatable bonds is 3. The first-order valence-corrected chi connectivity index (χ1v) is 9.36. The minimum absolute atomic E-state index is 0.0832. The Labute approximate surface area is 150 Å². The molecule has 128 valence electrons. The molecular formula is C19H20N4OS. The molecule has 0 saturated carbocycles. The molecule has 0 radical (unpaired) electrons. The van der Waals surface area contributed by atoms with E-state index >= 15 is 0 Å². The third kappa shape index (κ3) is 3.70. The Kier molecular flexibility index (Phi) is 4.46. The van der Waals surface area contributed by atoms with Crippen LogP contribution in [0.15, 0.2) is 35.8 Å². The van der Waals surface area contributed by atoms with Gasteiger partial charge in [-0.3, -0.25) is 9.69 Å². The van der Waals surface area contributed by atoms with Crippen molar-refractivity contribution in [2.45, 2.75) is 26.3 Å². The van der Waals surface area contributed by atoms with Gasteiger partial charge in [-0.2, -0.15) is 0 Å². The maximum Gasteiger partial charge on any atom is 0.222 e. The summed E-state index contributed by atoms with van der Waals surface area (Å²) in [5, 5.41) is 2.77. The third-order valence-corrected chi connectivity index (χ3v) is 5.35. The number of hydrogen-bond acceptors (Lipinski definition) is 5. The molecule has 1 aliphatic rings. The Morgan fingerprint density at radius 2 is 2.12 bits per heavy atom. The minimum Gasteiger partial charge on any atom is -0.311 e. The first kappa shape index (κ1) is 16.2. The molecule has 5 nitrogen and oxygen atoms in total. The van der Waals surface area contributed by atoms with Crippen LogP contribution in [-0.4, -0.2) is 33.9 Å². The molecule has 1 aliphatic heterocycles. The van der Waals surface area contributed by atoms with Crippen molar-refractivity contribution >= 4 is 33.3 Å². The van der Waals surface area contributed by atoms with Crippen LogP contribution in [0, 0.1) is 0 Å². The zero-order chi connectivity index (χ0) is 17.2. The quantitative estimate of drug-likeness (QED) is 0.786. The average molecular weight is 352 g/mol. The molecule has 0 fully saturated rings. The van der Waals surface area contributed by atoms with Crippen LogP contribution in [0.3, 0.4) is 0 Å². The molecule has 0 aliphatic carbocycles. The number of fused-ring (bicyclic) bond motifs is 2. The summed E-state index contributed by atoms with van der Waals surface area (Å²) in [6.45, 7) is 4.43. The number of anilines is 1. The highest BCUT2D eigenvalue weighted by Crippen LogP contribution is 2.21. The van der Waals surface area contributed by atoms with E-state index in [9.17, 15) is 4.79 Å². The van der Waals surface area contributed by atoms with Crippen molar-refractivity contribution < 1.29 is 4.79 Å². The van der Waals surface area contributed by atoms with Gasteiger partial charge in [0.1, 0.15) is 5.82 Å². The lowest BCUT2D eigenvalue weighted by Gasteiger charge is -2.19. The molecule has 3 aromatic rings. The summed E-state index contributed by atoms with van der Waals surface area (Å²) in [6, 6.07) is 10.5. The Morgan fingerprint density at radius 1 is 1.24 bits per heavy atom. The van der Waals surface area contributed by atoms with Crippen LogP contribution in [0.4, 0.5) is 5.82 Å². The van der Waals surface area contributed by atoms with Crippen molar-refractivity contribution in [3.63, 3.8) is 0 Å². The number of nitrogens with one attached hydrogen (secondary N) is 1. The normalized spacial score (nSPS) is 14.9.